The first-order valence-corrected chi connectivity index (χ1v) is 8.43. The molecule has 0 saturated heterocycles. The minimum absolute atomic E-state index is 0.0225. The van der Waals surface area contributed by atoms with E-state index in [1.54, 1.807) is 19.1 Å². The Morgan fingerprint density at radius 1 is 1.30 bits per heavy atom. The van der Waals surface area contributed by atoms with Gasteiger partial charge in [-0.1, -0.05) is 13.3 Å². The lowest BCUT2D eigenvalue weighted by atomic mass is 10.2. The summed E-state index contributed by atoms with van der Waals surface area (Å²) in [6.45, 7) is 5.09. The van der Waals surface area contributed by atoms with Crippen molar-refractivity contribution in [3.63, 3.8) is 0 Å². The molecule has 0 atom stereocenters. The van der Waals surface area contributed by atoms with Gasteiger partial charge in [0, 0.05) is 20.7 Å². The lowest BCUT2D eigenvalue weighted by Gasteiger charge is -2.16. The average molecular weight is 337 g/mol. The Balaban J connectivity index is 2.46. The smallest absolute Gasteiger partial charge is 0.264 e. The van der Waals surface area contributed by atoms with Crippen LogP contribution in [-0.4, -0.2) is 48.6 Å². The fraction of sp³-hybridized carbons (Fsp3) is 0.562. The largest absolute Gasteiger partial charge is 0.480 e. The number of aryl methyl sites for hydroxylation is 1. The zero-order chi connectivity index (χ0) is 17.0. The third-order valence-electron chi connectivity index (χ3n) is 3.66. The molecule has 0 spiro atoms. The molecule has 7 heteroatoms. The van der Waals surface area contributed by atoms with E-state index in [4.69, 9.17) is 9.47 Å². The minimum Gasteiger partial charge on any atom is -0.480 e. The topological polar surface area (TPSA) is 64.6 Å². The van der Waals surface area contributed by atoms with Gasteiger partial charge in [-0.05, 0) is 18.9 Å². The average Bonchev–Trinajstić information content (AvgIpc) is 2.88. The van der Waals surface area contributed by atoms with Gasteiger partial charge >= 0.3 is 0 Å². The van der Waals surface area contributed by atoms with E-state index in [1.165, 1.54) is 11.3 Å². The summed E-state index contributed by atoms with van der Waals surface area (Å²) in [5.74, 6) is 1.07. The Kier molecular flexibility index (Phi) is 5.90. The normalized spacial score (nSPS) is 11.0. The third kappa shape index (κ3) is 3.61. The van der Waals surface area contributed by atoms with Crippen molar-refractivity contribution in [1.82, 2.24) is 14.9 Å². The highest BCUT2D eigenvalue weighted by Gasteiger charge is 2.23. The predicted octanol–water partition coefficient (Wildman–Crippen LogP) is 3.03. The second-order valence-corrected chi connectivity index (χ2v) is 6.40. The number of nitrogens with zero attached hydrogens (tertiary/aromatic N) is 3. The van der Waals surface area contributed by atoms with Gasteiger partial charge in [-0.3, -0.25) is 4.79 Å². The lowest BCUT2D eigenvalue weighted by molar-refractivity contribution is 0.0797. The van der Waals surface area contributed by atoms with Gasteiger partial charge in [-0.2, -0.15) is 4.98 Å². The van der Waals surface area contributed by atoms with Crippen molar-refractivity contribution >= 4 is 27.5 Å². The monoisotopic (exact) mass is 337 g/mol. The Hall–Kier alpha value is -1.73. The molecule has 2 rings (SSSR count). The van der Waals surface area contributed by atoms with Crippen LogP contribution >= 0.6 is 11.3 Å². The number of carbonyl (C=O) groups is 1. The fourth-order valence-corrected chi connectivity index (χ4v) is 3.54. The van der Waals surface area contributed by atoms with Crippen LogP contribution in [0.3, 0.4) is 0 Å². The van der Waals surface area contributed by atoms with Gasteiger partial charge in [-0.15, -0.1) is 11.3 Å². The van der Waals surface area contributed by atoms with Crippen molar-refractivity contribution in [3.05, 3.63) is 16.3 Å². The molecule has 2 aromatic rings. The number of rotatable bonds is 7. The molecular formula is C16H23N3O3S. The van der Waals surface area contributed by atoms with Gasteiger partial charge in [0.15, 0.2) is 5.82 Å². The van der Waals surface area contributed by atoms with Gasteiger partial charge in [-0.25, -0.2) is 4.98 Å². The van der Waals surface area contributed by atoms with Crippen LogP contribution in [0.15, 0.2) is 0 Å². The maximum atomic E-state index is 12.7. The first kappa shape index (κ1) is 17.6. The molecule has 0 saturated carbocycles. The SMILES string of the molecule is CCCCN(C)C(=O)c1sc2nc(COC)nc(OC)c2c1C. The zero-order valence-electron chi connectivity index (χ0n) is 14.3. The van der Waals surface area contributed by atoms with E-state index in [-0.39, 0.29) is 5.91 Å². The van der Waals surface area contributed by atoms with E-state index < -0.39 is 0 Å². The Bertz CT molecular complexity index is 699. The highest BCUT2D eigenvalue weighted by Crippen LogP contribution is 2.35. The first-order chi connectivity index (χ1) is 11.0. The molecule has 0 aliphatic carbocycles. The van der Waals surface area contributed by atoms with E-state index in [9.17, 15) is 4.79 Å². The van der Waals surface area contributed by atoms with E-state index in [2.05, 4.69) is 16.9 Å². The molecule has 6 nitrogen and oxygen atoms in total. The molecule has 2 heterocycles. The van der Waals surface area contributed by atoms with Crippen molar-refractivity contribution in [2.75, 3.05) is 27.8 Å². The van der Waals surface area contributed by atoms with Crippen molar-refractivity contribution in [1.29, 1.82) is 0 Å². The maximum absolute atomic E-state index is 12.7. The molecule has 126 valence electrons. The number of ether oxygens (including phenoxy) is 2. The number of unbranched alkanes of at least 4 members (excludes halogenated alkanes) is 1. The molecule has 1 amide bonds. The quantitative estimate of drug-likeness (QED) is 0.777. The number of carbonyl (C=O) groups excluding carboxylic acids is 1. The van der Waals surface area contributed by atoms with Gasteiger partial charge in [0.05, 0.1) is 17.4 Å². The summed E-state index contributed by atoms with van der Waals surface area (Å²) >= 11 is 1.39. The fourth-order valence-electron chi connectivity index (χ4n) is 2.36. The van der Waals surface area contributed by atoms with Gasteiger partial charge in [0.2, 0.25) is 5.88 Å². The van der Waals surface area contributed by atoms with E-state index in [1.807, 2.05) is 14.0 Å². The molecule has 0 radical (unpaired) electrons. The molecule has 0 aliphatic heterocycles. The van der Waals surface area contributed by atoms with Crippen LogP contribution in [0, 0.1) is 6.92 Å². The second kappa shape index (κ2) is 7.70. The third-order valence-corrected chi connectivity index (χ3v) is 4.83. The number of amides is 1. The maximum Gasteiger partial charge on any atom is 0.264 e. The van der Waals surface area contributed by atoms with Crippen LogP contribution in [-0.2, 0) is 11.3 Å². The molecule has 0 aliphatic rings. The van der Waals surface area contributed by atoms with Crippen molar-refractivity contribution < 1.29 is 14.3 Å². The Morgan fingerprint density at radius 3 is 2.65 bits per heavy atom. The number of thiophene rings is 1. The number of fused-ring (bicyclic) bond motifs is 1. The van der Waals surface area contributed by atoms with Crippen molar-refractivity contribution in [2.24, 2.45) is 0 Å². The molecule has 0 N–H and O–H groups in total. The standard InChI is InChI=1S/C16H23N3O3S/c1-6-7-8-19(3)16(20)13-10(2)12-14(22-5)17-11(9-21-4)18-15(12)23-13/h6-9H2,1-5H3. The summed E-state index contributed by atoms with van der Waals surface area (Å²) in [7, 11) is 5.00. The second-order valence-electron chi connectivity index (χ2n) is 5.40. The molecule has 0 bridgehead atoms. The summed E-state index contributed by atoms with van der Waals surface area (Å²) in [6, 6.07) is 0. The van der Waals surface area contributed by atoms with Gasteiger partial charge < -0.3 is 14.4 Å². The molecule has 2 aromatic heterocycles. The van der Waals surface area contributed by atoms with Gasteiger partial charge in [0.1, 0.15) is 11.4 Å². The van der Waals surface area contributed by atoms with Crippen LogP contribution in [0.25, 0.3) is 10.2 Å². The molecule has 0 fully saturated rings. The summed E-state index contributed by atoms with van der Waals surface area (Å²) in [5, 5.41) is 0.810. The number of methoxy groups -OCH3 is 2. The molecule has 0 aromatic carbocycles. The number of hydrogen-bond acceptors (Lipinski definition) is 6. The van der Waals surface area contributed by atoms with E-state index in [0.29, 0.717) is 23.2 Å². The summed E-state index contributed by atoms with van der Waals surface area (Å²) in [4.78, 5) is 24.7. The highest BCUT2D eigenvalue weighted by atomic mass is 32.1. The van der Waals surface area contributed by atoms with Crippen LogP contribution in [0.4, 0.5) is 0 Å². The van der Waals surface area contributed by atoms with Crippen LogP contribution < -0.4 is 4.74 Å². The minimum atomic E-state index is 0.0225. The Morgan fingerprint density at radius 2 is 2.04 bits per heavy atom. The van der Waals surface area contributed by atoms with E-state index >= 15 is 0 Å². The zero-order valence-corrected chi connectivity index (χ0v) is 15.1. The molecular weight excluding hydrogens is 314 g/mol. The van der Waals surface area contributed by atoms with Crippen LogP contribution in [0.1, 0.15) is 40.8 Å². The molecule has 23 heavy (non-hydrogen) atoms. The summed E-state index contributed by atoms with van der Waals surface area (Å²) in [5.41, 5.74) is 0.874. The first-order valence-electron chi connectivity index (χ1n) is 7.61. The Labute approximate surface area is 140 Å². The van der Waals surface area contributed by atoms with Crippen LogP contribution in [0.5, 0.6) is 5.88 Å². The van der Waals surface area contributed by atoms with Crippen molar-refractivity contribution in [2.45, 2.75) is 33.3 Å². The summed E-state index contributed by atoms with van der Waals surface area (Å²) < 4.78 is 10.5. The van der Waals surface area contributed by atoms with Crippen molar-refractivity contribution in [3.8, 4) is 5.88 Å². The molecule has 0 unspecified atom stereocenters. The number of aromatic nitrogens is 2. The predicted molar refractivity (Wildman–Crippen MR) is 91.3 cm³/mol. The lowest BCUT2D eigenvalue weighted by Crippen LogP contribution is -2.27. The summed E-state index contributed by atoms with van der Waals surface area (Å²) in [6.07, 6.45) is 2.05. The van der Waals surface area contributed by atoms with Gasteiger partial charge in [0.25, 0.3) is 5.91 Å². The van der Waals surface area contributed by atoms with Crippen LogP contribution in [0.2, 0.25) is 0 Å². The van der Waals surface area contributed by atoms with E-state index in [0.717, 1.165) is 35.2 Å². The highest BCUT2D eigenvalue weighted by molar-refractivity contribution is 7.20. The number of hydrogen-bond donors (Lipinski definition) is 0.